The highest BCUT2D eigenvalue weighted by atomic mass is 32.1. The van der Waals surface area contributed by atoms with E-state index in [-0.39, 0.29) is 11.3 Å². The Kier molecular flexibility index (Phi) is 6.79. The van der Waals surface area contributed by atoms with Crippen molar-refractivity contribution in [2.45, 2.75) is 26.8 Å². The smallest absolute Gasteiger partial charge is 0.301 e. The summed E-state index contributed by atoms with van der Waals surface area (Å²) in [5.74, 6) is -0.464. The SMILES string of the molecule is CCOc1ccc(/C(O)=C2\C(=O)C(=O)N(c3nc(C)c(C)s3)[C@@H]2c2cccc(OC)c2OC)cc1. The van der Waals surface area contributed by atoms with Gasteiger partial charge in [-0.1, -0.05) is 12.1 Å². The van der Waals surface area contributed by atoms with Crippen molar-refractivity contribution in [3.05, 3.63) is 69.7 Å². The van der Waals surface area contributed by atoms with E-state index >= 15 is 0 Å². The molecule has 4 rings (SSSR count). The normalized spacial score (nSPS) is 17.1. The van der Waals surface area contributed by atoms with Crippen molar-refractivity contribution >= 4 is 33.9 Å². The Bertz CT molecular complexity index is 1290. The molecule has 2 aromatic carbocycles. The summed E-state index contributed by atoms with van der Waals surface area (Å²) >= 11 is 1.31. The molecule has 0 saturated carbocycles. The molecule has 1 N–H and O–H groups in total. The molecule has 182 valence electrons. The molecule has 3 aromatic rings. The number of hydrogen-bond donors (Lipinski definition) is 1. The predicted octanol–water partition coefficient (Wildman–Crippen LogP) is 4.80. The minimum Gasteiger partial charge on any atom is -0.507 e. The quantitative estimate of drug-likeness (QED) is 0.286. The molecule has 1 amide bonds. The number of Topliss-reactive ketones (excluding diaryl/α,β-unsaturated/α-hetero) is 1. The van der Waals surface area contributed by atoms with Crippen LogP contribution in [0.1, 0.15) is 34.7 Å². The molecule has 1 fully saturated rings. The molecule has 1 saturated heterocycles. The molecule has 1 aliphatic heterocycles. The fraction of sp³-hybridized carbons (Fsp3) is 0.269. The first-order valence-corrected chi connectivity index (χ1v) is 11.8. The van der Waals surface area contributed by atoms with Crippen molar-refractivity contribution in [2.24, 2.45) is 0 Å². The van der Waals surface area contributed by atoms with Crippen molar-refractivity contribution in [1.82, 2.24) is 4.98 Å². The molecular weight excluding hydrogens is 468 g/mol. The summed E-state index contributed by atoms with van der Waals surface area (Å²) in [6.07, 6.45) is 0. The van der Waals surface area contributed by atoms with Gasteiger partial charge in [0, 0.05) is 16.0 Å². The Morgan fingerprint density at radius 3 is 2.37 bits per heavy atom. The molecular formula is C26H26N2O6S. The zero-order chi connectivity index (χ0) is 25.3. The zero-order valence-electron chi connectivity index (χ0n) is 20.1. The highest BCUT2D eigenvalue weighted by Gasteiger charge is 2.49. The summed E-state index contributed by atoms with van der Waals surface area (Å²) < 4.78 is 16.6. The second kappa shape index (κ2) is 9.79. The third kappa shape index (κ3) is 4.23. The summed E-state index contributed by atoms with van der Waals surface area (Å²) in [4.78, 5) is 33.5. The number of nitrogens with zero attached hydrogens (tertiary/aromatic N) is 2. The number of aryl methyl sites for hydroxylation is 2. The van der Waals surface area contributed by atoms with E-state index in [4.69, 9.17) is 14.2 Å². The third-order valence-electron chi connectivity index (χ3n) is 5.83. The number of rotatable bonds is 7. The second-order valence-electron chi connectivity index (χ2n) is 7.85. The molecule has 0 radical (unpaired) electrons. The minimum atomic E-state index is -0.975. The summed E-state index contributed by atoms with van der Waals surface area (Å²) in [6, 6.07) is 10.9. The number of methoxy groups -OCH3 is 2. The predicted molar refractivity (Wildman–Crippen MR) is 134 cm³/mol. The van der Waals surface area contributed by atoms with E-state index < -0.39 is 17.7 Å². The van der Waals surface area contributed by atoms with Gasteiger partial charge in [0.05, 0.1) is 32.1 Å². The van der Waals surface area contributed by atoms with Crippen LogP contribution in [-0.4, -0.2) is 42.6 Å². The Hall–Kier alpha value is -3.85. The average Bonchev–Trinajstić information content (AvgIpc) is 3.33. The maximum absolute atomic E-state index is 13.4. The first-order chi connectivity index (χ1) is 16.8. The molecule has 2 heterocycles. The Labute approximate surface area is 207 Å². The molecule has 1 aromatic heterocycles. The van der Waals surface area contributed by atoms with E-state index in [0.29, 0.717) is 40.1 Å². The summed E-state index contributed by atoms with van der Waals surface area (Å²) in [6.45, 7) is 6.11. The van der Waals surface area contributed by atoms with Gasteiger partial charge in [-0.25, -0.2) is 4.98 Å². The summed E-state index contributed by atoms with van der Waals surface area (Å²) in [7, 11) is 2.99. The van der Waals surface area contributed by atoms with Crippen LogP contribution in [0, 0.1) is 13.8 Å². The van der Waals surface area contributed by atoms with Crippen LogP contribution >= 0.6 is 11.3 Å². The maximum atomic E-state index is 13.4. The van der Waals surface area contributed by atoms with Gasteiger partial charge >= 0.3 is 5.91 Å². The minimum absolute atomic E-state index is 0.0591. The number of thiazole rings is 1. The van der Waals surface area contributed by atoms with E-state index in [9.17, 15) is 14.7 Å². The van der Waals surface area contributed by atoms with Crippen LogP contribution in [0.3, 0.4) is 0 Å². The van der Waals surface area contributed by atoms with Gasteiger partial charge in [-0.2, -0.15) is 0 Å². The van der Waals surface area contributed by atoms with Crippen molar-refractivity contribution in [2.75, 3.05) is 25.7 Å². The molecule has 1 atom stereocenters. The lowest BCUT2D eigenvalue weighted by Crippen LogP contribution is -2.29. The topological polar surface area (TPSA) is 98.2 Å². The van der Waals surface area contributed by atoms with Gasteiger partial charge in [-0.15, -0.1) is 11.3 Å². The number of ketones is 1. The number of ether oxygens (including phenoxy) is 3. The first-order valence-electron chi connectivity index (χ1n) is 11.0. The number of anilines is 1. The van der Waals surface area contributed by atoms with Crippen molar-refractivity contribution in [3.8, 4) is 17.2 Å². The Morgan fingerprint density at radius 2 is 1.80 bits per heavy atom. The van der Waals surface area contributed by atoms with Crippen LogP contribution in [0.2, 0.25) is 0 Å². The number of aromatic nitrogens is 1. The standard InChI is InChI=1S/C26H26N2O6S/c1-6-34-17-12-10-16(11-13-17)22(29)20-21(18-8-7-9-19(32-4)24(18)33-5)28(25(31)23(20)30)26-27-14(2)15(3)35-26/h7-13,21,29H,6H2,1-5H3/b22-20+/t21-/m1/s1. The number of aliphatic hydroxyl groups excluding tert-OH is 1. The molecule has 0 aliphatic carbocycles. The van der Waals surface area contributed by atoms with Gasteiger partial charge in [0.2, 0.25) is 0 Å². The molecule has 9 heteroatoms. The zero-order valence-corrected chi connectivity index (χ0v) is 20.9. The fourth-order valence-electron chi connectivity index (χ4n) is 4.04. The highest BCUT2D eigenvalue weighted by molar-refractivity contribution is 7.16. The average molecular weight is 495 g/mol. The number of aliphatic hydroxyl groups is 1. The van der Waals surface area contributed by atoms with Crippen molar-refractivity contribution < 1.29 is 28.9 Å². The molecule has 0 bridgehead atoms. The largest absolute Gasteiger partial charge is 0.507 e. The molecule has 1 aliphatic rings. The van der Waals surface area contributed by atoms with Gasteiger partial charge in [0.1, 0.15) is 17.6 Å². The number of amides is 1. The van der Waals surface area contributed by atoms with E-state index in [0.717, 1.165) is 10.6 Å². The lowest BCUT2D eigenvalue weighted by atomic mass is 9.94. The van der Waals surface area contributed by atoms with Crippen LogP contribution in [0.4, 0.5) is 5.13 Å². The van der Waals surface area contributed by atoms with Crippen LogP contribution in [-0.2, 0) is 9.59 Å². The van der Waals surface area contributed by atoms with Gasteiger partial charge in [0.15, 0.2) is 16.6 Å². The monoisotopic (exact) mass is 494 g/mol. The molecule has 35 heavy (non-hydrogen) atoms. The van der Waals surface area contributed by atoms with Crippen LogP contribution in [0.5, 0.6) is 17.2 Å². The van der Waals surface area contributed by atoms with Gasteiger partial charge in [-0.05, 0) is 51.1 Å². The number of benzene rings is 2. The molecule has 0 unspecified atom stereocenters. The Morgan fingerprint density at radius 1 is 1.09 bits per heavy atom. The van der Waals surface area contributed by atoms with Crippen LogP contribution < -0.4 is 19.1 Å². The number of carbonyl (C=O) groups excluding carboxylic acids is 2. The van der Waals surface area contributed by atoms with Gasteiger partial charge in [-0.3, -0.25) is 14.5 Å². The van der Waals surface area contributed by atoms with Crippen LogP contribution in [0.15, 0.2) is 48.0 Å². The summed E-state index contributed by atoms with van der Waals surface area (Å²) in [5, 5.41) is 11.7. The van der Waals surface area contributed by atoms with E-state index in [1.54, 1.807) is 42.5 Å². The van der Waals surface area contributed by atoms with Gasteiger partial charge < -0.3 is 19.3 Å². The van der Waals surface area contributed by atoms with Gasteiger partial charge in [0.25, 0.3) is 5.78 Å². The lowest BCUT2D eigenvalue weighted by molar-refractivity contribution is -0.132. The lowest BCUT2D eigenvalue weighted by Gasteiger charge is -2.25. The van der Waals surface area contributed by atoms with Crippen molar-refractivity contribution in [3.63, 3.8) is 0 Å². The number of carbonyl (C=O) groups is 2. The highest BCUT2D eigenvalue weighted by Crippen LogP contribution is 2.48. The fourth-order valence-corrected chi connectivity index (χ4v) is 4.98. The molecule has 0 spiro atoms. The van der Waals surface area contributed by atoms with E-state index in [1.807, 2.05) is 20.8 Å². The van der Waals surface area contributed by atoms with Crippen LogP contribution in [0.25, 0.3) is 5.76 Å². The third-order valence-corrected chi connectivity index (χ3v) is 6.91. The molecule has 8 nitrogen and oxygen atoms in total. The second-order valence-corrected chi connectivity index (χ2v) is 9.03. The van der Waals surface area contributed by atoms with E-state index in [2.05, 4.69) is 4.98 Å². The Balaban J connectivity index is 1.97. The number of hydrogen-bond acceptors (Lipinski definition) is 8. The first kappa shape index (κ1) is 24.3. The number of para-hydroxylation sites is 1. The van der Waals surface area contributed by atoms with E-state index in [1.165, 1.54) is 30.5 Å². The van der Waals surface area contributed by atoms with Crippen molar-refractivity contribution in [1.29, 1.82) is 0 Å². The maximum Gasteiger partial charge on any atom is 0.301 e. The summed E-state index contributed by atoms with van der Waals surface area (Å²) in [5.41, 5.74) is 1.57.